The van der Waals surface area contributed by atoms with Crippen LogP contribution in [0.2, 0.25) is 0 Å². The minimum absolute atomic E-state index is 0.297. The monoisotopic (exact) mass is 188 g/mol. The molecular weight excluding hydrogens is 175 g/mol. The highest BCUT2D eigenvalue weighted by Crippen LogP contribution is 2.08. The second kappa shape index (κ2) is 4.65. The summed E-state index contributed by atoms with van der Waals surface area (Å²) in [6, 6.07) is 7.33. The Hall–Kier alpha value is -1.51. The zero-order valence-corrected chi connectivity index (χ0v) is 8.70. The van der Waals surface area contributed by atoms with Crippen molar-refractivity contribution in [2.24, 2.45) is 0 Å². The fourth-order valence-electron chi connectivity index (χ4n) is 1.17. The van der Waals surface area contributed by atoms with Gasteiger partial charge in [-0.2, -0.15) is 0 Å². The van der Waals surface area contributed by atoms with Crippen molar-refractivity contribution < 1.29 is 9.53 Å². The molecule has 0 N–H and O–H groups in total. The van der Waals surface area contributed by atoms with Crippen molar-refractivity contribution in [1.29, 1.82) is 0 Å². The average molecular weight is 188 g/mol. The van der Waals surface area contributed by atoms with Crippen molar-refractivity contribution >= 4 is 19.9 Å². The van der Waals surface area contributed by atoms with Gasteiger partial charge < -0.3 is 4.74 Å². The lowest BCUT2D eigenvalue weighted by atomic mass is 9.95. The predicted octanol–water partition coefficient (Wildman–Crippen LogP) is 1.47. The van der Waals surface area contributed by atoms with Gasteiger partial charge in [-0.25, -0.2) is 4.79 Å². The van der Waals surface area contributed by atoms with Gasteiger partial charge in [0.15, 0.2) is 0 Å². The number of rotatable bonds is 2. The highest BCUT2D eigenvalue weighted by molar-refractivity contribution is 6.23. The topological polar surface area (TPSA) is 26.3 Å². The first-order valence-corrected chi connectivity index (χ1v) is 4.47. The largest absolute Gasteiger partial charge is 0.465 e. The predicted molar refractivity (Wildman–Crippen MR) is 60.0 cm³/mol. The summed E-state index contributed by atoms with van der Waals surface area (Å²) in [6.07, 6.45) is 2.06. The maximum atomic E-state index is 11.1. The highest BCUT2D eigenvalue weighted by Gasteiger charge is 2.02. The number of hydrogen-bond donors (Lipinski definition) is 0. The quantitative estimate of drug-likeness (QED) is 0.518. The molecule has 0 aliphatic carbocycles. The Bertz CT molecular complexity index is 348. The van der Waals surface area contributed by atoms with E-state index in [1.807, 2.05) is 26.9 Å². The molecule has 1 aromatic rings. The summed E-state index contributed by atoms with van der Waals surface area (Å²) in [5.74, 6) is -0.297. The van der Waals surface area contributed by atoms with Crippen LogP contribution in [0.15, 0.2) is 29.7 Å². The van der Waals surface area contributed by atoms with Gasteiger partial charge in [-0.1, -0.05) is 25.1 Å². The first-order chi connectivity index (χ1) is 6.63. The Morgan fingerprint density at radius 3 is 2.36 bits per heavy atom. The number of ether oxygens (including phenoxy) is 1. The van der Waals surface area contributed by atoms with Crippen LogP contribution in [0.25, 0.3) is 6.08 Å². The average Bonchev–Trinajstić information content (AvgIpc) is 2.17. The van der Waals surface area contributed by atoms with Crippen LogP contribution >= 0.6 is 0 Å². The molecule has 0 bridgehead atoms. The Morgan fingerprint density at radius 1 is 1.36 bits per heavy atom. The number of allylic oxidation sites excluding steroid dienone is 1. The smallest absolute Gasteiger partial charge is 0.337 e. The molecule has 0 aliphatic rings. The van der Waals surface area contributed by atoms with Crippen LogP contribution in [0.5, 0.6) is 0 Å². The second-order valence-corrected chi connectivity index (χ2v) is 3.34. The van der Waals surface area contributed by atoms with Gasteiger partial charge in [0.1, 0.15) is 7.85 Å². The number of hydrogen-bond acceptors (Lipinski definition) is 2. The molecule has 0 unspecified atom stereocenters. The third-order valence-corrected chi connectivity index (χ3v) is 1.79. The molecule has 1 aromatic carbocycles. The highest BCUT2D eigenvalue weighted by atomic mass is 16.5. The van der Waals surface area contributed by atoms with E-state index in [0.29, 0.717) is 5.56 Å². The fourth-order valence-corrected chi connectivity index (χ4v) is 1.17. The maximum absolute atomic E-state index is 11.1. The first kappa shape index (κ1) is 10.6. The van der Waals surface area contributed by atoms with E-state index < -0.39 is 0 Å². The van der Waals surface area contributed by atoms with Gasteiger partial charge in [-0.15, -0.1) is 5.47 Å². The van der Waals surface area contributed by atoms with Gasteiger partial charge in [-0.3, -0.25) is 0 Å². The lowest BCUT2D eigenvalue weighted by molar-refractivity contribution is 0.0601. The molecule has 0 atom stereocenters. The number of esters is 1. The molecule has 0 radical (unpaired) electrons. The van der Waals surface area contributed by atoms with Crippen LogP contribution < -0.4 is 0 Å². The number of methoxy groups -OCH3 is 1. The third-order valence-electron chi connectivity index (χ3n) is 1.79. The summed E-state index contributed by atoms with van der Waals surface area (Å²) >= 11 is 0. The van der Waals surface area contributed by atoms with Crippen molar-refractivity contribution in [1.82, 2.24) is 0 Å². The second-order valence-electron chi connectivity index (χ2n) is 3.34. The van der Waals surface area contributed by atoms with Crippen LogP contribution in [0.4, 0.5) is 0 Å². The van der Waals surface area contributed by atoms with Gasteiger partial charge in [0.2, 0.25) is 0 Å². The van der Waals surface area contributed by atoms with Crippen LogP contribution in [0.3, 0.4) is 0 Å². The van der Waals surface area contributed by atoms with E-state index in [0.717, 1.165) is 5.56 Å². The summed E-state index contributed by atoms with van der Waals surface area (Å²) in [5, 5.41) is 0. The SMILES string of the molecule is B/C(C)=C\c1ccc(C(=O)OC)cc1. The van der Waals surface area contributed by atoms with Crippen molar-refractivity contribution in [3.8, 4) is 0 Å². The van der Waals surface area contributed by atoms with E-state index in [4.69, 9.17) is 0 Å². The minimum atomic E-state index is -0.297. The zero-order valence-electron chi connectivity index (χ0n) is 8.70. The van der Waals surface area contributed by atoms with E-state index in [2.05, 4.69) is 10.8 Å². The first-order valence-electron chi connectivity index (χ1n) is 4.47. The molecule has 0 saturated carbocycles. The van der Waals surface area contributed by atoms with E-state index in [1.54, 1.807) is 12.1 Å². The van der Waals surface area contributed by atoms with Gasteiger partial charge in [0, 0.05) is 0 Å². The molecule has 0 heterocycles. The molecule has 2 nitrogen and oxygen atoms in total. The Labute approximate surface area is 85.0 Å². The van der Waals surface area contributed by atoms with E-state index >= 15 is 0 Å². The molecule has 14 heavy (non-hydrogen) atoms. The van der Waals surface area contributed by atoms with Crippen LogP contribution in [0.1, 0.15) is 22.8 Å². The van der Waals surface area contributed by atoms with Crippen molar-refractivity contribution in [3.05, 3.63) is 40.9 Å². The number of benzene rings is 1. The lowest BCUT2D eigenvalue weighted by Gasteiger charge is -1.99. The lowest BCUT2D eigenvalue weighted by Crippen LogP contribution is -2.00. The Balaban J connectivity index is 2.89. The molecular formula is C11H13BO2. The summed E-state index contributed by atoms with van der Waals surface area (Å²) < 4.78 is 4.60. The Kier molecular flexibility index (Phi) is 3.51. The molecule has 0 saturated heterocycles. The molecule has 0 spiro atoms. The Morgan fingerprint density at radius 2 is 1.93 bits per heavy atom. The van der Waals surface area contributed by atoms with Crippen molar-refractivity contribution in [2.45, 2.75) is 6.92 Å². The van der Waals surface area contributed by atoms with Crippen LogP contribution in [-0.4, -0.2) is 20.9 Å². The summed E-state index contributed by atoms with van der Waals surface area (Å²) in [4.78, 5) is 11.1. The molecule has 1 rings (SSSR count). The van der Waals surface area contributed by atoms with Gasteiger partial charge in [0.05, 0.1) is 12.7 Å². The van der Waals surface area contributed by atoms with Crippen LogP contribution in [-0.2, 0) is 4.74 Å². The van der Waals surface area contributed by atoms with Gasteiger partial charge in [0.25, 0.3) is 0 Å². The zero-order chi connectivity index (χ0) is 10.6. The molecule has 0 amide bonds. The van der Waals surface area contributed by atoms with E-state index in [-0.39, 0.29) is 5.97 Å². The maximum Gasteiger partial charge on any atom is 0.337 e. The molecule has 0 aromatic heterocycles. The molecule has 3 heteroatoms. The standard InChI is InChI=1S/C11H13BO2/c1-8(12)7-9-3-5-10(6-4-9)11(13)14-2/h3-7H,12H2,1-2H3/b8-7-. The van der Waals surface area contributed by atoms with Gasteiger partial charge >= 0.3 is 5.97 Å². The van der Waals surface area contributed by atoms with E-state index in [9.17, 15) is 4.79 Å². The molecule has 0 fully saturated rings. The summed E-state index contributed by atoms with van der Waals surface area (Å²) in [6.45, 7) is 2.04. The number of carbonyl (C=O) groups excluding carboxylic acids is 1. The summed E-state index contributed by atoms with van der Waals surface area (Å²) in [5.41, 5.74) is 2.91. The minimum Gasteiger partial charge on any atom is -0.465 e. The van der Waals surface area contributed by atoms with Crippen molar-refractivity contribution in [3.63, 3.8) is 0 Å². The van der Waals surface area contributed by atoms with Crippen LogP contribution in [0, 0.1) is 0 Å². The van der Waals surface area contributed by atoms with Crippen molar-refractivity contribution in [2.75, 3.05) is 7.11 Å². The molecule has 0 aliphatic heterocycles. The number of carbonyl (C=O) groups is 1. The van der Waals surface area contributed by atoms with Gasteiger partial charge in [-0.05, 0) is 17.7 Å². The third kappa shape index (κ3) is 2.77. The fraction of sp³-hybridized carbons (Fsp3) is 0.182. The summed E-state index contributed by atoms with van der Waals surface area (Å²) in [7, 11) is 3.42. The normalized spacial score (nSPS) is 11.1. The van der Waals surface area contributed by atoms with E-state index in [1.165, 1.54) is 12.6 Å². The molecule has 72 valence electrons.